The van der Waals surface area contributed by atoms with Crippen LogP contribution in [0.25, 0.3) is 10.9 Å². The molecule has 3 rings (SSSR count). The zero-order valence-electron chi connectivity index (χ0n) is 9.78. The fourth-order valence-corrected chi connectivity index (χ4v) is 2.34. The van der Waals surface area contributed by atoms with Gasteiger partial charge in [0.25, 0.3) is 0 Å². The van der Waals surface area contributed by atoms with Crippen LogP contribution in [0, 0.1) is 0 Å². The van der Waals surface area contributed by atoms with Crippen LogP contribution in [-0.4, -0.2) is 10.8 Å². The minimum absolute atomic E-state index is 0.0368. The van der Waals surface area contributed by atoms with Gasteiger partial charge in [-0.1, -0.05) is 29.3 Å². The Hall–Kier alpha value is -1.77. The normalized spacial score (nSPS) is 10.8. The Balaban J connectivity index is 2.09. The Kier molecular flexibility index (Phi) is 3.05. The van der Waals surface area contributed by atoms with Crippen LogP contribution in [0.4, 0.5) is 0 Å². The summed E-state index contributed by atoms with van der Waals surface area (Å²) >= 11 is 11.7. The van der Waals surface area contributed by atoms with Gasteiger partial charge in [0.05, 0.1) is 0 Å². The fourth-order valence-electron chi connectivity index (χ4n) is 2.04. The average molecular weight is 290 g/mol. The highest BCUT2D eigenvalue weighted by molar-refractivity contribution is 6.31. The van der Waals surface area contributed by atoms with Gasteiger partial charge in [-0.2, -0.15) is 0 Å². The number of ketones is 1. The zero-order chi connectivity index (χ0) is 13.4. The van der Waals surface area contributed by atoms with Gasteiger partial charge in [-0.3, -0.25) is 4.79 Å². The molecule has 0 radical (unpaired) electrons. The van der Waals surface area contributed by atoms with Crippen LogP contribution in [0.3, 0.4) is 0 Å². The number of rotatable bonds is 2. The fraction of sp³-hybridized carbons (Fsp3) is 0. The van der Waals surface area contributed by atoms with Crippen molar-refractivity contribution < 1.29 is 4.79 Å². The van der Waals surface area contributed by atoms with Gasteiger partial charge in [0.15, 0.2) is 5.78 Å². The molecule has 2 aromatic carbocycles. The number of fused-ring (bicyclic) bond motifs is 1. The molecule has 0 fully saturated rings. The first-order valence-electron chi connectivity index (χ1n) is 5.72. The molecule has 0 bridgehead atoms. The number of benzene rings is 2. The number of aromatic amines is 1. The van der Waals surface area contributed by atoms with Gasteiger partial charge in [-0.15, -0.1) is 0 Å². The number of aromatic nitrogens is 1. The van der Waals surface area contributed by atoms with Crippen LogP contribution in [-0.2, 0) is 0 Å². The molecule has 0 saturated carbocycles. The summed E-state index contributed by atoms with van der Waals surface area (Å²) in [4.78, 5) is 15.5. The van der Waals surface area contributed by atoms with Crippen molar-refractivity contribution in [2.75, 3.05) is 0 Å². The van der Waals surface area contributed by atoms with Gasteiger partial charge in [0.1, 0.15) is 0 Å². The van der Waals surface area contributed by atoms with Crippen molar-refractivity contribution in [3.05, 3.63) is 69.8 Å². The van der Waals surface area contributed by atoms with Crippen LogP contribution in [0.2, 0.25) is 10.0 Å². The van der Waals surface area contributed by atoms with Crippen LogP contribution in [0.5, 0.6) is 0 Å². The molecule has 0 aliphatic rings. The lowest BCUT2D eigenvalue weighted by atomic mass is 10.0. The van der Waals surface area contributed by atoms with E-state index in [1.165, 1.54) is 0 Å². The van der Waals surface area contributed by atoms with E-state index < -0.39 is 0 Å². The Morgan fingerprint density at radius 1 is 0.947 bits per heavy atom. The van der Waals surface area contributed by atoms with E-state index in [9.17, 15) is 4.79 Å². The van der Waals surface area contributed by atoms with Gasteiger partial charge >= 0.3 is 0 Å². The minimum Gasteiger partial charge on any atom is -0.360 e. The third-order valence-corrected chi connectivity index (χ3v) is 3.48. The second-order valence-electron chi connectivity index (χ2n) is 4.23. The Morgan fingerprint density at radius 3 is 2.37 bits per heavy atom. The molecular weight excluding hydrogens is 281 g/mol. The molecule has 2 nitrogen and oxygen atoms in total. The number of hydrogen-bond acceptors (Lipinski definition) is 1. The van der Waals surface area contributed by atoms with Gasteiger partial charge in [0.2, 0.25) is 0 Å². The maximum Gasteiger partial charge on any atom is 0.195 e. The van der Waals surface area contributed by atoms with Gasteiger partial charge < -0.3 is 4.98 Å². The topological polar surface area (TPSA) is 32.9 Å². The summed E-state index contributed by atoms with van der Waals surface area (Å²) in [6.45, 7) is 0. The van der Waals surface area contributed by atoms with Crippen molar-refractivity contribution in [2.24, 2.45) is 0 Å². The van der Waals surface area contributed by atoms with Gasteiger partial charge in [-0.25, -0.2) is 0 Å². The number of halogens is 2. The lowest BCUT2D eigenvalue weighted by Crippen LogP contribution is -1.99. The predicted molar refractivity (Wildman–Crippen MR) is 78.2 cm³/mol. The van der Waals surface area contributed by atoms with Crippen molar-refractivity contribution >= 4 is 39.9 Å². The van der Waals surface area contributed by atoms with E-state index in [2.05, 4.69) is 4.98 Å². The number of carbonyl (C=O) groups excluding carboxylic acids is 1. The van der Waals surface area contributed by atoms with Crippen LogP contribution < -0.4 is 0 Å². The number of H-pyrrole nitrogens is 1. The first-order chi connectivity index (χ1) is 9.15. The Labute approximate surface area is 120 Å². The van der Waals surface area contributed by atoms with E-state index in [1.54, 1.807) is 42.6 Å². The van der Waals surface area contributed by atoms with Crippen LogP contribution in [0.1, 0.15) is 15.9 Å². The quantitative estimate of drug-likeness (QED) is 0.681. The second kappa shape index (κ2) is 4.72. The standard InChI is InChI=1S/C15H9Cl2NO/c16-10-3-1-9(2-4-10)15(19)13-8-18-14-7-11(17)5-6-12(13)14/h1-8,18H. The van der Waals surface area contributed by atoms with Crippen molar-refractivity contribution in [3.8, 4) is 0 Å². The molecular formula is C15H9Cl2NO. The molecule has 0 atom stereocenters. The summed E-state index contributed by atoms with van der Waals surface area (Å²) in [7, 11) is 0. The van der Waals surface area contributed by atoms with Crippen molar-refractivity contribution in [3.63, 3.8) is 0 Å². The van der Waals surface area contributed by atoms with E-state index in [0.29, 0.717) is 21.2 Å². The summed E-state index contributed by atoms with van der Waals surface area (Å²) < 4.78 is 0. The molecule has 1 heterocycles. The first-order valence-corrected chi connectivity index (χ1v) is 6.47. The van der Waals surface area contributed by atoms with Crippen LogP contribution >= 0.6 is 23.2 Å². The molecule has 19 heavy (non-hydrogen) atoms. The summed E-state index contributed by atoms with van der Waals surface area (Å²) in [5.74, 6) is -0.0368. The highest BCUT2D eigenvalue weighted by Crippen LogP contribution is 2.24. The third kappa shape index (κ3) is 2.25. The lowest BCUT2D eigenvalue weighted by molar-refractivity contribution is 0.104. The molecule has 4 heteroatoms. The SMILES string of the molecule is O=C(c1ccc(Cl)cc1)c1c[nH]c2cc(Cl)ccc12. The van der Waals surface area contributed by atoms with E-state index in [4.69, 9.17) is 23.2 Å². The van der Waals surface area contributed by atoms with Crippen molar-refractivity contribution in [2.45, 2.75) is 0 Å². The van der Waals surface area contributed by atoms with E-state index in [0.717, 1.165) is 10.9 Å². The van der Waals surface area contributed by atoms with Crippen molar-refractivity contribution in [1.29, 1.82) is 0 Å². The van der Waals surface area contributed by atoms with Crippen molar-refractivity contribution in [1.82, 2.24) is 4.98 Å². The molecule has 0 amide bonds. The smallest absolute Gasteiger partial charge is 0.195 e. The predicted octanol–water partition coefficient (Wildman–Crippen LogP) is 4.71. The van der Waals surface area contributed by atoms with E-state index >= 15 is 0 Å². The summed E-state index contributed by atoms with van der Waals surface area (Å²) in [5.41, 5.74) is 2.10. The Morgan fingerprint density at radius 2 is 1.63 bits per heavy atom. The van der Waals surface area contributed by atoms with Gasteiger partial charge in [-0.05, 0) is 36.4 Å². The maximum absolute atomic E-state index is 12.4. The van der Waals surface area contributed by atoms with Crippen LogP contribution in [0.15, 0.2) is 48.7 Å². The summed E-state index contributed by atoms with van der Waals surface area (Å²) in [5, 5.41) is 2.12. The third-order valence-electron chi connectivity index (χ3n) is 2.99. The number of carbonyl (C=O) groups is 1. The molecule has 1 aromatic heterocycles. The highest BCUT2D eigenvalue weighted by atomic mass is 35.5. The first kappa shape index (κ1) is 12.3. The second-order valence-corrected chi connectivity index (χ2v) is 5.10. The number of nitrogens with one attached hydrogen (secondary N) is 1. The molecule has 0 aliphatic carbocycles. The van der Waals surface area contributed by atoms with E-state index in [1.807, 2.05) is 6.07 Å². The Bertz CT molecular complexity index is 759. The molecule has 94 valence electrons. The number of hydrogen-bond donors (Lipinski definition) is 1. The summed E-state index contributed by atoms with van der Waals surface area (Å²) in [6, 6.07) is 12.3. The maximum atomic E-state index is 12.4. The molecule has 0 spiro atoms. The largest absolute Gasteiger partial charge is 0.360 e. The zero-order valence-corrected chi connectivity index (χ0v) is 11.3. The van der Waals surface area contributed by atoms with E-state index in [-0.39, 0.29) is 5.78 Å². The molecule has 1 N–H and O–H groups in total. The minimum atomic E-state index is -0.0368. The molecule has 0 aliphatic heterocycles. The lowest BCUT2D eigenvalue weighted by Gasteiger charge is -2.00. The average Bonchev–Trinajstić information content (AvgIpc) is 2.81. The molecule has 3 aromatic rings. The monoisotopic (exact) mass is 289 g/mol. The highest BCUT2D eigenvalue weighted by Gasteiger charge is 2.14. The molecule has 0 unspecified atom stereocenters. The summed E-state index contributed by atoms with van der Waals surface area (Å²) in [6.07, 6.45) is 1.71. The molecule has 0 saturated heterocycles. The van der Waals surface area contributed by atoms with Gasteiger partial charge in [0, 0.05) is 38.3 Å².